The number of thiophene rings is 1. The third-order valence-electron chi connectivity index (χ3n) is 2.93. The number of nitriles is 1. The highest BCUT2D eigenvalue weighted by Crippen LogP contribution is 2.20. The monoisotopic (exact) mass is 280 g/mol. The van der Waals surface area contributed by atoms with Crippen molar-refractivity contribution >= 4 is 17.0 Å². The number of anilines is 1. The van der Waals surface area contributed by atoms with Gasteiger partial charge in [0.05, 0.1) is 18.2 Å². The van der Waals surface area contributed by atoms with Crippen LogP contribution in [0.3, 0.4) is 0 Å². The van der Waals surface area contributed by atoms with Crippen molar-refractivity contribution in [1.82, 2.24) is 9.97 Å². The summed E-state index contributed by atoms with van der Waals surface area (Å²) in [5.41, 5.74) is 3.17. The molecule has 0 aliphatic rings. The van der Waals surface area contributed by atoms with E-state index in [2.05, 4.69) is 21.4 Å². The Kier molecular flexibility index (Phi) is 3.48. The summed E-state index contributed by atoms with van der Waals surface area (Å²) in [7, 11) is 0. The van der Waals surface area contributed by atoms with E-state index in [1.54, 1.807) is 12.5 Å². The number of benzene rings is 1. The molecule has 5 heteroatoms. The average Bonchev–Trinajstić information content (AvgIpc) is 3.17. The van der Waals surface area contributed by atoms with Crippen molar-refractivity contribution < 1.29 is 0 Å². The topological polar surface area (TPSA) is 64.5 Å². The Bertz CT molecular complexity index is 720. The molecule has 0 saturated carbocycles. The number of H-pyrrole nitrogens is 1. The smallest absolute Gasteiger partial charge is 0.110 e. The number of hydrogen-bond acceptors (Lipinski definition) is 4. The van der Waals surface area contributed by atoms with Crippen LogP contribution in [0.15, 0.2) is 48.9 Å². The zero-order valence-electron chi connectivity index (χ0n) is 10.6. The normalized spacial score (nSPS) is 10.2. The second-order valence-electron chi connectivity index (χ2n) is 4.27. The first-order chi connectivity index (χ1) is 9.85. The van der Waals surface area contributed by atoms with Crippen LogP contribution in [-0.4, -0.2) is 9.97 Å². The second kappa shape index (κ2) is 5.59. The Labute approximate surface area is 120 Å². The van der Waals surface area contributed by atoms with Gasteiger partial charge in [-0.3, -0.25) is 0 Å². The van der Waals surface area contributed by atoms with Crippen LogP contribution in [-0.2, 0) is 6.54 Å². The lowest BCUT2D eigenvalue weighted by Gasteiger charge is -2.05. The lowest BCUT2D eigenvalue weighted by Crippen LogP contribution is -1.96. The van der Waals surface area contributed by atoms with E-state index in [-0.39, 0.29) is 0 Å². The molecule has 0 bridgehead atoms. The van der Waals surface area contributed by atoms with Gasteiger partial charge < -0.3 is 10.3 Å². The Morgan fingerprint density at radius 3 is 2.70 bits per heavy atom. The number of nitrogens with zero attached hydrogens (tertiary/aromatic N) is 2. The van der Waals surface area contributed by atoms with Crippen LogP contribution < -0.4 is 5.32 Å². The Balaban J connectivity index is 1.65. The molecule has 1 aromatic carbocycles. The van der Waals surface area contributed by atoms with Gasteiger partial charge in [-0.1, -0.05) is 12.1 Å². The highest BCUT2D eigenvalue weighted by atomic mass is 32.1. The number of imidazole rings is 1. The number of hydrogen-bond donors (Lipinski definition) is 2. The summed E-state index contributed by atoms with van der Waals surface area (Å²) < 4.78 is 0. The summed E-state index contributed by atoms with van der Waals surface area (Å²) in [6.45, 7) is 0.732. The van der Waals surface area contributed by atoms with Crippen molar-refractivity contribution in [2.24, 2.45) is 0 Å². The summed E-state index contributed by atoms with van der Waals surface area (Å²) in [6, 6.07) is 14.1. The highest BCUT2D eigenvalue weighted by molar-refractivity contribution is 7.12. The van der Waals surface area contributed by atoms with Gasteiger partial charge in [0, 0.05) is 17.1 Å². The third kappa shape index (κ3) is 2.71. The molecule has 20 heavy (non-hydrogen) atoms. The molecule has 0 aliphatic heterocycles. The molecule has 3 aromatic rings. The molecule has 0 aliphatic carbocycles. The highest BCUT2D eigenvalue weighted by Gasteiger charge is 2.01. The molecule has 2 heterocycles. The van der Waals surface area contributed by atoms with Crippen LogP contribution in [0.1, 0.15) is 9.75 Å². The van der Waals surface area contributed by atoms with Crippen molar-refractivity contribution in [2.45, 2.75) is 6.54 Å². The fourth-order valence-electron chi connectivity index (χ4n) is 1.90. The number of aromatic nitrogens is 2. The van der Waals surface area contributed by atoms with Crippen LogP contribution in [0.5, 0.6) is 0 Å². The predicted octanol–water partition coefficient (Wildman–Crippen LogP) is 3.62. The molecule has 4 nitrogen and oxygen atoms in total. The number of aromatic amines is 1. The van der Waals surface area contributed by atoms with Gasteiger partial charge in [-0.2, -0.15) is 5.26 Å². The maximum Gasteiger partial charge on any atom is 0.110 e. The average molecular weight is 280 g/mol. The molecule has 3 rings (SSSR count). The van der Waals surface area contributed by atoms with Gasteiger partial charge in [0.2, 0.25) is 0 Å². The van der Waals surface area contributed by atoms with Gasteiger partial charge in [-0.15, -0.1) is 11.3 Å². The van der Waals surface area contributed by atoms with Crippen molar-refractivity contribution in [3.8, 4) is 17.3 Å². The largest absolute Gasteiger partial charge is 0.380 e. The summed E-state index contributed by atoms with van der Waals surface area (Å²) in [5, 5.41) is 12.1. The van der Waals surface area contributed by atoms with Gasteiger partial charge >= 0.3 is 0 Å². The minimum atomic E-state index is 0.732. The van der Waals surface area contributed by atoms with Crippen LogP contribution in [0.25, 0.3) is 11.3 Å². The molecule has 0 unspecified atom stereocenters. The van der Waals surface area contributed by atoms with E-state index in [9.17, 15) is 0 Å². The van der Waals surface area contributed by atoms with E-state index in [0.29, 0.717) is 0 Å². The van der Waals surface area contributed by atoms with E-state index < -0.39 is 0 Å². The fraction of sp³-hybridized carbons (Fsp3) is 0.0667. The first-order valence-electron chi connectivity index (χ1n) is 6.16. The maximum atomic E-state index is 8.79. The Morgan fingerprint density at radius 2 is 2.05 bits per heavy atom. The Morgan fingerprint density at radius 1 is 1.20 bits per heavy atom. The summed E-state index contributed by atoms with van der Waals surface area (Å²) in [5.74, 6) is 0. The number of nitrogens with one attached hydrogen (secondary N) is 2. The first-order valence-corrected chi connectivity index (χ1v) is 6.98. The van der Waals surface area contributed by atoms with Crippen molar-refractivity contribution in [3.05, 3.63) is 58.7 Å². The zero-order chi connectivity index (χ0) is 13.8. The van der Waals surface area contributed by atoms with Crippen molar-refractivity contribution in [3.63, 3.8) is 0 Å². The SMILES string of the molecule is N#Cc1ccc(CNc2ccc(-c3cnc[nH]3)cc2)s1. The number of rotatable bonds is 4. The van der Waals surface area contributed by atoms with Crippen molar-refractivity contribution in [1.29, 1.82) is 5.26 Å². The Hall–Kier alpha value is -2.58. The molecule has 0 atom stereocenters. The molecule has 0 fully saturated rings. The van der Waals surface area contributed by atoms with Gasteiger partial charge in [0.15, 0.2) is 0 Å². The van der Waals surface area contributed by atoms with Crippen LogP contribution in [0.2, 0.25) is 0 Å². The fourth-order valence-corrected chi connectivity index (χ4v) is 2.65. The van der Waals surface area contributed by atoms with E-state index in [1.165, 1.54) is 11.3 Å². The lowest BCUT2D eigenvalue weighted by atomic mass is 10.1. The van der Waals surface area contributed by atoms with Crippen LogP contribution in [0.4, 0.5) is 5.69 Å². The molecule has 0 amide bonds. The standard InChI is InChI=1S/C15H12N4S/c16-7-13-5-6-14(20-13)8-18-12-3-1-11(2-4-12)15-9-17-10-19-15/h1-6,9-10,18H,8H2,(H,17,19). The van der Waals surface area contributed by atoms with Gasteiger partial charge in [-0.05, 0) is 29.8 Å². The molecule has 2 aromatic heterocycles. The van der Waals surface area contributed by atoms with Crippen LogP contribution >= 0.6 is 11.3 Å². The van der Waals surface area contributed by atoms with E-state index in [1.807, 2.05) is 36.4 Å². The van der Waals surface area contributed by atoms with E-state index in [0.717, 1.165) is 33.2 Å². The molecule has 0 radical (unpaired) electrons. The molecule has 0 spiro atoms. The van der Waals surface area contributed by atoms with E-state index in [4.69, 9.17) is 5.26 Å². The quantitative estimate of drug-likeness (QED) is 0.767. The predicted molar refractivity (Wildman–Crippen MR) is 80.4 cm³/mol. The maximum absolute atomic E-state index is 8.79. The summed E-state index contributed by atoms with van der Waals surface area (Å²) in [6.07, 6.45) is 3.47. The van der Waals surface area contributed by atoms with Gasteiger partial charge in [0.1, 0.15) is 10.9 Å². The minimum absolute atomic E-state index is 0.732. The third-order valence-corrected chi connectivity index (χ3v) is 3.92. The molecule has 2 N–H and O–H groups in total. The van der Waals surface area contributed by atoms with Crippen molar-refractivity contribution in [2.75, 3.05) is 5.32 Å². The molecular weight excluding hydrogens is 268 g/mol. The first kappa shape index (κ1) is 12.5. The lowest BCUT2D eigenvalue weighted by molar-refractivity contribution is 1.19. The van der Waals surface area contributed by atoms with Gasteiger partial charge in [0.25, 0.3) is 0 Å². The second-order valence-corrected chi connectivity index (χ2v) is 5.44. The summed E-state index contributed by atoms with van der Waals surface area (Å²) >= 11 is 1.52. The van der Waals surface area contributed by atoms with Crippen LogP contribution in [0, 0.1) is 11.3 Å². The molecular formula is C15H12N4S. The zero-order valence-corrected chi connectivity index (χ0v) is 11.4. The minimum Gasteiger partial charge on any atom is -0.380 e. The van der Waals surface area contributed by atoms with Gasteiger partial charge in [-0.25, -0.2) is 4.98 Å². The molecule has 98 valence electrons. The molecule has 0 saturated heterocycles. The summed E-state index contributed by atoms with van der Waals surface area (Å²) in [4.78, 5) is 8.99. The van der Waals surface area contributed by atoms with E-state index >= 15 is 0 Å².